The van der Waals surface area contributed by atoms with E-state index < -0.39 is 0 Å². The highest BCUT2D eigenvalue weighted by Crippen LogP contribution is 2.36. The van der Waals surface area contributed by atoms with E-state index in [-0.39, 0.29) is 30.2 Å². The Balaban J connectivity index is 0.00000364. The SMILES string of the molecule is CC(OCCC1CNCCO1)Oc1ccc(C(C)(C)CC(C)(C)C)cc1.Cl. The Morgan fingerprint density at radius 3 is 2.37 bits per heavy atom. The second kappa shape index (κ2) is 10.7. The summed E-state index contributed by atoms with van der Waals surface area (Å²) in [7, 11) is 0. The molecule has 1 aliphatic heterocycles. The monoisotopic (exact) mass is 399 g/mol. The summed E-state index contributed by atoms with van der Waals surface area (Å²) in [4.78, 5) is 0. The molecule has 5 heteroatoms. The molecule has 2 unspecified atom stereocenters. The second-order valence-corrected chi connectivity index (χ2v) is 9.19. The third-order valence-electron chi connectivity index (χ3n) is 4.71. The summed E-state index contributed by atoms with van der Waals surface area (Å²) in [6, 6.07) is 8.45. The fourth-order valence-electron chi connectivity index (χ4n) is 3.81. The van der Waals surface area contributed by atoms with Crippen molar-refractivity contribution >= 4 is 12.4 Å². The number of ether oxygens (including phenoxy) is 3. The van der Waals surface area contributed by atoms with Crippen molar-refractivity contribution in [3.05, 3.63) is 29.8 Å². The predicted octanol–water partition coefficient (Wildman–Crippen LogP) is 4.94. The molecule has 1 fully saturated rings. The number of hydrogen-bond acceptors (Lipinski definition) is 4. The van der Waals surface area contributed by atoms with Gasteiger partial charge in [0, 0.05) is 13.1 Å². The minimum atomic E-state index is -0.264. The van der Waals surface area contributed by atoms with E-state index in [1.54, 1.807) is 0 Å². The van der Waals surface area contributed by atoms with Crippen molar-refractivity contribution in [3.8, 4) is 5.75 Å². The van der Waals surface area contributed by atoms with Crippen LogP contribution in [-0.2, 0) is 14.9 Å². The van der Waals surface area contributed by atoms with Gasteiger partial charge in [0.1, 0.15) is 5.75 Å². The average molecular weight is 400 g/mol. The fraction of sp³-hybridized carbons (Fsp3) is 0.727. The van der Waals surface area contributed by atoms with Crippen molar-refractivity contribution in [2.45, 2.75) is 72.2 Å². The third-order valence-corrected chi connectivity index (χ3v) is 4.71. The molecule has 0 radical (unpaired) electrons. The van der Waals surface area contributed by atoms with Gasteiger partial charge in [0.2, 0.25) is 0 Å². The van der Waals surface area contributed by atoms with Gasteiger partial charge in [-0.1, -0.05) is 46.8 Å². The molecule has 1 aromatic rings. The molecule has 0 bridgehead atoms. The molecule has 2 atom stereocenters. The van der Waals surface area contributed by atoms with Gasteiger partial charge in [0.15, 0.2) is 6.29 Å². The number of rotatable bonds is 8. The minimum absolute atomic E-state index is 0. The van der Waals surface area contributed by atoms with E-state index in [9.17, 15) is 0 Å². The zero-order valence-electron chi connectivity index (χ0n) is 17.8. The molecule has 2 rings (SSSR count). The molecular weight excluding hydrogens is 362 g/mol. The van der Waals surface area contributed by atoms with Crippen LogP contribution in [0.25, 0.3) is 0 Å². The van der Waals surface area contributed by atoms with E-state index in [1.807, 2.05) is 19.1 Å². The quantitative estimate of drug-likeness (QED) is 0.628. The normalized spacial score (nSPS) is 19.3. The molecule has 0 spiro atoms. The zero-order valence-corrected chi connectivity index (χ0v) is 18.7. The van der Waals surface area contributed by atoms with Gasteiger partial charge in [-0.2, -0.15) is 0 Å². The second-order valence-electron chi connectivity index (χ2n) is 9.19. The summed E-state index contributed by atoms with van der Waals surface area (Å²) < 4.78 is 17.3. The van der Waals surface area contributed by atoms with E-state index in [4.69, 9.17) is 14.2 Å². The van der Waals surface area contributed by atoms with Crippen molar-refractivity contribution < 1.29 is 14.2 Å². The van der Waals surface area contributed by atoms with E-state index in [2.05, 4.69) is 52.1 Å². The summed E-state index contributed by atoms with van der Waals surface area (Å²) in [5.41, 5.74) is 1.79. The Bertz CT molecular complexity index is 533. The van der Waals surface area contributed by atoms with Crippen molar-refractivity contribution in [1.82, 2.24) is 5.32 Å². The smallest absolute Gasteiger partial charge is 0.196 e. The average Bonchev–Trinajstić information content (AvgIpc) is 2.54. The summed E-state index contributed by atoms with van der Waals surface area (Å²) >= 11 is 0. The zero-order chi connectivity index (χ0) is 19.2. The van der Waals surface area contributed by atoms with Crippen LogP contribution in [-0.4, -0.2) is 38.7 Å². The van der Waals surface area contributed by atoms with Crippen LogP contribution in [0.3, 0.4) is 0 Å². The molecule has 27 heavy (non-hydrogen) atoms. The van der Waals surface area contributed by atoms with Crippen LogP contribution in [0.2, 0.25) is 0 Å². The summed E-state index contributed by atoms with van der Waals surface area (Å²) in [6.07, 6.45) is 2.01. The number of nitrogens with one attached hydrogen (secondary N) is 1. The van der Waals surface area contributed by atoms with E-state index in [0.29, 0.717) is 12.0 Å². The maximum atomic E-state index is 5.89. The Labute approximate surface area is 171 Å². The highest BCUT2D eigenvalue weighted by Gasteiger charge is 2.27. The van der Waals surface area contributed by atoms with Gasteiger partial charge in [-0.05, 0) is 48.3 Å². The summed E-state index contributed by atoms with van der Waals surface area (Å²) in [5, 5.41) is 3.33. The topological polar surface area (TPSA) is 39.7 Å². The van der Waals surface area contributed by atoms with Crippen LogP contribution in [0.4, 0.5) is 0 Å². The fourth-order valence-corrected chi connectivity index (χ4v) is 3.81. The van der Waals surface area contributed by atoms with Gasteiger partial charge in [-0.15, -0.1) is 12.4 Å². The molecule has 4 nitrogen and oxygen atoms in total. The van der Waals surface area contributed by atoms with Crippen LogP contribution in [0, 0.1) is 5.41 Å². The van der Waals surface area contributed by atoms with Gasteiger partial charge < -0.3 is 19.5 Å². The first kappa shape index (κ1) is 24.2. The number of benzene rings is 1. The lowest BCUT2D eigenvalue weighted by Crippen LogP contribution is -2.39. The Hall–Kier alpha value is -0.810. The first-order valence-corrected chi connectivity index (χ1v) is 9.87. The van der Waals surface area contributed by atoms with Gasteiger partial charge in [-0.25, -0.2) is 0 Å². The summed E-state index contributed by atoms with van der Waals surface area (Å²) in [6.45, 7) is 16.7. The highest BCUT2D eigenvalue weighted by atomic mass is 35.5. The molecule has 1 aliphatic rings. The maximum Gasteiger partial charge on any atom is 0.196 e. The van der Waals surface area contributed by atoms with E-state index in [0.717, 1.165) is 38.3 Å². The molecule has 0 saturated carbocycles. The Morgan fingerprint density at radius 1 is 1.15 bits per heavy atom. The van der Waals surface area contributed by atoms with Crippen molar-refractivity contribution in [1.29, 1.82) is 0 Å². The molecule has 1 aromatic carbocycles. The molecule has 0 aromatic heterocycles. The van der Waals surface area contributed by atoms with Crippen LogP contribution >= 0.6 is 12.4 Å². The van der Waals surface area contributed by atoms with Gasteiger partial charge in [0.05, 0.1) is 19.3 Å². The molecular formula is C22H38ClNO3. The number of hydrogen-bond donors (Lipinski definition) is 1. The number of halogens is 1. The van der Waals surface area contributed by atoms with Crippen molar-refractivity contribution in [2.24, 2.45) is 5.41 Å². The number of morpholine rings is 1. The van der Waals surface area contributed by atoms with E-state index in [1.165, 1.54) is 5.56 Å². The lowest BCUT2D eigenvalue weighted by molar-refractivity contribution is -0.0815. The predicted molar refractivity (Wildman–Crippen MR) is 114 cm³/mol. The molecule has 1 saturated heterocycles. The first-order chi connectivity index (χ1) is 12.2. The Kier molecular flexibility index (Phi) is 9.56. The highest BCUT2D eigenvalue weighted by molar-refractivity contribution is 5.85. The largest absolute Gasteiger partial charge is 0.465 e. The van der Waals surface area contributed by atoms with Crippen LogP contribution in [0.5, 0.6) is 5.75 Å². The van der Waals surface area contributed by atoms with Crippen molar-refractivity contribution in [3.63, 3.8) is 0 Å². The van der Waals surface area contributed by atoms with Crippen molar-refractivity contribution in [2.75, 3.05) is 26.3 Å². The standard InChI is InChI=1S/C22H37NO3.ClH/c1-17(24-13-11-20-15-23-12-14-25-20)26-19-9-7-18(8-10-19)22(5,6)16-21(2,3)4;/h7-10,17,20,23H,11-16H2,1-6H3;1H. The summed E-state index contributed by atoms with van der Waals surface area (Å²) in [5.74, 6) is 0.850. The van der Waals surface area contributed by atoms with Gasteiger partial charge in [0.25, 0.3) is 0 Å². The van der Waals surface area contributed by atoms with Crippen LogP contribution in [0.1, 0.15) is 59.9 Å². The lowest BCUT2D eigenvalue weighted by Gasteiger charge is -2.33. The lowest BCUT2D eigenvalue weighted by atomic mass is 9.72. The van der Waals surface area contributed by atoms with Gasteiger partial charge in [-0.3, -0.25) is 0 Å². The molecule has 0 amide bonds. The maximum absolute atomic E-state index is 5.89. The third kappa shape index (κ3) is 8.82. The van der Waals surface area contributed by atoms with E-state index >= 15 is 0 Å². The Morgan fingerprint density at radius 2 is 1.81 bits per heavy atom. The molecule has 1 N–H and O–H groups in total. The minimum Gasteiger partial charge on any atom is -0.465 e. The van der Waals surface area contributed by atoms with Crippen LogP contribution < -0.4 is 10.1 Å². The molecule has 156 valence electrons. The molecule has 1 heterocycles. The first-order valence-electron chi connectivity index (χ1n) is 9.87. The van der Waals surface area contributed by atoms with Crippen LogP contribution in [0.15, 0.2) is 24.3 Å². The molecule has 0 aliphatic carbocycles. The van der Waals surface area contributed by atoms with Gasteiger partial charge >= 0.3 is 0 Å².